The van der Waals surface area contributed by atoms with Crippen LogP contribution in [0.25, 0.3) is 0 Å². The molecule has 0 radical (unpaired) electrons. The lowest BCUT2D eigenvalue weighted by Gasteiger charge is -2.16. The van der Waals surface area contributed by atoms with Crippen LogP contribution in [0.4, 0.5) is 5.82 Å². The second-order valence-electron chi connectivity index (χ2n) is 4.38. The van der Waals surface area contributed by atoms with E-state index in [1.54, 1.807) is 0 Å². The molecule has 0 saturated heterocycles. The van der Waals surface area contributed by atoms with Gasteiger partial charge in [0.2, 0.25) is 0 Å². The lowest BCUT2D eigenvalue weighted by molar-refractivity contribution is 0.657. The van der Waals surface area contributed by atoms with Crippen molar-refractivity contribution < 1.29 is 0 Å². The predicted molar refractivity (Wildman–Crippen MR) is 71.4 cm³/mol. The number of aromatic nitrogens is 4. The number of hydrogen-bond donors (Lipinski definition) is 1. The molecule has 2 aromatic rings. The third kappa shape index (κ3) is 2.67. The Morgan fingerprint density at radius 1 is 1.33 bits per heavy atom. The molecule has 0 amide bonds. The highest BCUT2D eigenvalue weighted by atomic mass is 15.1. The lowest BCUT2D eigenvalue weighted by Crippen LogP contribution is -2.14. The Labute approximate surface area is 107 Å². The normalized spacial score (nSPS) is 12.4. The molecule has 2 heterocycles. The molecule has 1 atom stereocenters. The summed E-state index contributed by atoms with van der Waals surface area (Å²) in [7, 11) is 0. The van der Waals surface area contributed by atoms with Crippen molar-refractivity contribution in [3.63, 3.8) is 0 Å². The van der Waals surface area contributed by atoms with E-state index in [-0.39, 0.29) is 6.04 Å². The van der Waals surface area contributed by atoms with E-state index >= 15 is 0 Å². The van der Waals surface area contributed by atoms with E-state index in [4.69, 9.17) is 0 Å². The number of hydrogen-bond acceptors (Lipinski definition) is 4. The first-order valence-electron chi connectivity index (χ1n) is 6.20. The molecule has 0 spiro atoms. The van der Waals surface area contributed by atoms with E-state index in [0.717, 1.165) is 29.7 Å². The smallest absolute Gasteiger partial charge is 0.130 e. The van der Waals surface area contributed by atoms with Gasteiger partial charge < -0.3 is 9.88 Å². The zero-order chi connectivity index (χ0) is 13.1. The van der Waals surface area contributed by atoms with E-state index < -0.39 is 0 Å². The Morgan fingerprint density at radius 3 is 2.78 bits per heavy atom. The van der Waals surface area contributed by atoms with E-state index in [1.807, 2.05) is 32.3 Å². The molecule has 18 heavy (non-hydrogen) atoms. The molecule has 5 heteroatoms. The molecule has 0 aromatic carbocycles. The Bertz CT molecular complexity index is 512. The number of imidazole rings is 1. The van der Waals surface area contributed by atoms with Crippen LogP contribution >= 0.6 is 0 Å². The van der Waals surface area contributed by atoms with Crippen LogP contribution in [0.3, 0.4) is 0 Å². The molecule has 5 nitrogen and oxygen atoms in total. The highest BCUT2D eigenvalue weighted by Gasteiger charge is 2.12. The monoisotopic (exact) mass is 245 g/mol. The van der Waals surface area contributed by atoms with Crippen LogP contribution in [0, 0.1) is 13.8 Å². The Morgan fingerprint density at radius 2 is 2.11 bits per heavy atom. The summed E-state index contributed by atoms with van der Waals surface area (Å²) < 4.78 is 2.12. The van der Waals surface area contributed by atoms with Gasteiger partial charge in [0, 0.05) is 30.7 Å². The van der Waals surface area contributed by atoms with Crippen molar-refractivity contribution in [2.24, 2.45) is 0 Å². The van der Waals surface area contributed by atoms with Gasteiger partial charge in [-0.05, 0) is 27.7 Å². The molecule has 2 rings (SSSR count). The van der Waals surface area contributed by atoms with Crippen LogP contribution in [0.1, 0.15) is 37.2 Å². The summed E-state index contributed by atoms with van der Waals surface area (Å²) in [6.07, 6.45) is 3.82. The van der Waals surface area contributed by atoms with Crippen molar-refractivity contribution in [2.45, 2.75) is 40.3 Å². The summed E-state index contributed by atoms with van der Waals surface area (Å²) >= 11 is 0. The van der Waals surface area contributed by atoms with Crippen molar-refractivity contribution in [3.05, 3.63) is 35.8 Å². The molecule has 0 aliphatic rings. The zero-order valence-electron chi connectivity index (χ0n) is 11.3. The number of anilines is 1. The lowest BCUT2D eigenvalue weighted by atomic mass is 10.3. The van der Waals surface area contributed by atoms with E-state index in [0.29, 0.717) is 0 Å². The molecule has 0 aliphatic carbocycles. The van der Waals surface area contributed by atoms with Crippen molar-refractivity contribution in [3.8, 4) is 0 Å². The SMILES string of the molecule is CCn1ccnc1[C@H](C)Nc1cc(C)nc(C)n1. The molecule has 0 bridgehead atoms. The first-order valence-corrected chi connectivity index (χ1v) is 6.20. The van der Waals surface area contributed by atoms with Crippen molar-refractivity contribution >= 4 is 5.82 Å². The molecule has 0 fully saturated rings. The largest absolute Gasteiger partial charge is 0.360 e. The second-order valence-corrected chi connectivity index (χ2v) is 4.38. The fourth-order valence-electron chi connectivity index (χ4n) is 2.05. The average molecular weight is 245 g/mol. The van der Waals surface area contributed by atoms with Gasteiger partial charge in [-0.3, -0.25) is 0 Å². The molecule has 96 valence electrons. The summed E-state index contributed by atoms with van der Waals surface area (Å²) in [5, 5.41) is 3.37. The summed E-state index contributed by atoms with van der Waals surface area (Å²) in [5.41, 5.74) is 0.969. The Hall–Kier alpha value is -1.91. The summed E-state index contributed by atoms with van der Waals surface area (Å²) in [6, 6.07) is 2.07. The Kier molecular flexibility index (Phi) is 3.60. The summed E-state index contributed by atoms with van der Waals surface area (Å²) in [6.45, 7) is 8.98. The number of nitrogens with zero attached hydrogens (tertiary/aromatic N) is 4. The van der Waals surface area contributed by atoms with Gasteiger partial charge in [0.15, 0.2) is 0 Å². The van der Waals surface area contributed by atoms with Crippen LogP contribution < -0.4 is 5.32 Å². The third-order valence-corrected chi connectivity index (χ3v) is 2.81. The van der Waals surface area contributed by atoms with E-state index in [2.05, 4.69) is 38.7 Å². The maximum Gasteiger partial charge on any atom is 0.130 e. The molecular weight excluding hydrogens is 226 g/mol. The van der Waals surface area contributed by atoms with Crippen molar-refractivity contribution in [1.82, 2.24) is 19.5 Å². The first kappa shape index (κ1) is 12.5. The van der Waals surface area contributed by atoms with Crippen LogP contribution in [-0.4, -0.2) is 19.5 Å². The molecule has 0 unspecified atom stereocenters. The maximum atomic E-state index is 4.39. The zero-order valence-corrected chi connectivity index (χ0v) is 11.3. The Balaban J connectivity index is 2.18. The third-order valence-electron chi connectivity index (χ3n) is 2.81. The fourth-order valence-corrected chi connectivity index (χ4v) is 2.05. The average Bonchev–Trinajstić information content (AvgIpc) is 2.75. The quantitative estimate of drug-likeness (QED) is 0.899. The van der Waals surface area contributed by atoms with Crippen LogP contribution in [0.15, 0.2) is 18.5 Å². The molecular formula is C13H19N5. The fraction of sp³-hybridized carbons (Fsp3) is 0.462. The predicted octanol–water partition coefficient (Wildman–Crippen LogP) is 2.48. The van der Waals surface area contributed by atoms with Crippen molar-refractivity contribution in [1.29, 1.82) is 0 Å². The highest BCUT2D eigenvalue weighted by molar-refractivity contribution is 5.37. The highest BCUT2D eigenvalue weighted by Crippen LogP contribution is 2.16. The molecule has 1 N–H and O–H groups in total. The van der Waals surface area contributed by atoms with Gasteiger partial charge in [-0.15, -0.1) is 0 Å². The van der Waals surface area contributed by atoms with Gasteiger partial charge >= 0.3 is 0 Å². The summed E-state index contributed by atoms with van der Waals surface area (Å²) in [4.78, 5) is 13.0. The van der Waals surface area contributed by atoms with Gasteiger partial charge in [0.1, 0.15) is 17.5 Å². The molecule has 0 saturated carbocycles. The molecule has 2 aromatic heterocycles. The molecule has 0 aliphatic heterocycles. The van der Waals surface area contributed by atoms with Gasteiger partial charge in [0.25, 0.3) is 0 Å². The van der Waals surface area contributed by atoms with Crippen molar-refractivity contribution in [2.75, 3.05) is 5.32 Å². The standard InChI is InChI=1S/C13H19N5/c1-5-18-7-6-14-13(18)10(3)16-12-8-9(2)15-11(4)17-12/h6-8,10H,5H2,1-4H3,(H,15,16,17)/t10-/m0/s1. The number of aryl methyl sites for hydroxylation is 3. The van der Waals surface area contributed by atoms with E-state index in [1.165, 1.54) is 0 Å². The maximum absolute atomic E-state index is 4.39. The van der Waals surface area contributed by atoms with Crippen LogP contribution in [0.5, 0.6) is 0 Å². The second kappa shape index (κ2) is 5.16. The van der Waals surface area contributed by atoms with Gasteiger partial charge in [0.05, 0.1) is 6.04 Å². The van der Waals surface area contributed by atoms with Gasteiger partial charge in [-0.25, -0.2) is 15.0 Å². The van der Waals surface area contributed by atoms with Crippen LogP contribution in [0.2, 0.25) is 0 Å². The van der Waals surface area contributed by atoms with Gasteiger partial charge in [-0.1, -0.05) is 0 Å². The minimum Gasteiger partial charge on any atom is -0.360 e. The van der Waals surface area contributed by atoms with Crippen LogP contribution in [-0.2, 0) is 6.54 Å². The topological polar surface area (TPSA) is 55.6 Å². The van der Waals surface area contributed by atoms with Gasteiger partial charge in [-0.2, -0.15) is 0 Å². The first-order chi connectivity index (χ1) is 8.60. The minimum atomic E-state index is 0.119. The number of nitrogens with one attached hydrogen (secondary N) is 1. The minimum absolute atomic E-state index is 0.119. The number of rotatable bonds is 4. The van der Waals surface area contributed by atoms with E-state index in [9.17, 15) is 0 Å². The summed E-state index contributed by atoms with van der Waals surface area (Å²) in [5.74, 6) is 2.65.